The first-order valence-corrected chi connectivity index (χ1v) is 7.83. The van der Waals surface area contributed by atoms with E-state index in [2.05, 4.69) is 29.5 Å². The van der Waals surface area contributed by atoms with Crippen LogP contribution in [0, 0.1) is 5.92 Å². The molecule has 0 saturated carbocycles. The maximum atomic E-state index is 11.6. The predicted octanol–water partition coefficient (Wildman–Crippen LogP) is 0.835. The molecule has 0 bridgehead atoms. The number of carbonyl (C=O) groups is 1. The first-order valence-electron chi connectivity index (χ1n) is 7.83. The molecule has 0 aliphatic carbocycles. The van der Waals surface area contributed by atoms with Crippen molar-refractivity contribution in [3.05, 3.63) is 0 Å². The third-order valence-corrected chi connectivity index (χ3v) is 3.32. The Hall–Kier alpha value is -1.30. The zero-order chi connectivity index (χ0) is 15.7. The number of ether oxygens (including phenoxy) is 1. The van der Waals surface area contributed by atoms with E-state index in [1.807, 2.05) is 0 Å². The molecule has 6 nitrogen and oxygen atoms in total. The molecule has 1 aliphatic rings. The number of nitrogens with zero attached hydrogens (tertiary/aromatic N) is 2. The second-order valence-corrected chi connectivity index (χ2v) is 6.10. The molecule has 1 fully saturated rings. The van der Waals surface area contributed by atoms with Crippen LogP contribution in [-0.2, 0) is 9.53 Å². The van der Waals surface area contributed by atoms with Crippen molar-refractivity contribution >= 4 is 11.9 Å². The van der Waals surface area contributed by atoms with Crippen LogP contribution in [0.2, 0.25) is 0 Å². The fraction of sp³-hybridized carbons (Fsp3) is 0.867. The van der Waals surface area contributed by atoms with E-state index in [1.165, 1.54) is 6.42 Å². The number of rotatable bonds is 6. The maximum Gasteiger partial charge on any atom is 0.243 e. The van der Waals surface area contributed by atoms with Gasteiger partial charge in [0.2, 0.25) is 5.91 Å². The SMILES string of the molecule is CC(C)CNC(=NCC(=O)N(C)C)NCC1CCCCO1. The molecular formula is C15H30N4O2. The Kier molecular flexibility index (Phi) is 8.12. The maximum absolute atomic E-state index is 11.6. The van der Waals surface area contributed by atoms with Gasteiger partial charge in [0.25, 0.3) is 0 Å². The van der Waals surface area contributed by atoms with Crippen molar-refractivity contribution < 1.29 is 9.53 Å². The molecule has 0 radical (unpaired) electrons. The van der Waals surface area contributed by atoms with Gasteiger partial charge in [-0.3, -0.25) is 4.79 Å². The van der Waals surface area contributed by atoms with Crippen LogP contribution in [0.3, 0.4) is 0 Å². The van der Waals surface area contributed by atoms with E-state index in [9.17, 15) is 4.79 Å². The Morgan fingerprint density at radius 2 is 2.10 bits per heavy atom. The van der Waals surface area contributed by atoms with Crippen molar-refractivity contribution in [2.24, 2.45) is 10.9 Å². The minimum Gasteiger partial charge on any atom is -0.376 e. The highest BCUT2D eigenvalue weighted by atomic mass is 16.5. The molecule has 1 unspecified atom stereocenters. The van der Waals surface area contributed by atoms with Gasteiger partial charge in [0.05, 0.1) is 6.10 Å². The van der Waals surface area contributed by atoms with Crippen LogP contribution in [0.4, 0.5) is 0 Å². The fourth-order valence-electron chi connectivity index (χ4n) is 1.94. The molecule has 0 aromatic carbocycles. The number of aliphatic imine (C=N–C) groups is 1. The van der Waals surface area contributed by atoms with Gasteiger partial charge in [0.15, 0.2) is 5.96 Å². The zero-order valence-corrected chi connectivity index (χ0v) is 13.8. The molecule has 1 rings (SSSR count). The van der Waals surface area contributed by atoms with Crippen LogP contribution >= 0.6 is 0 Å². The lowest BCUT2D eigenvalue weighted by atomic mass is 10.1. The van der Waals surface area contributed by atoms with Crippen LogP contribution < -0.4 is 10.6 Å². The van der Waals surface area contributed by atoms with E-state index in [-0.39, 0.29) is 18.6 Å². The zero-order valence-electron chi connectivity index (χ0n) is 13.8. The lowest BCUT2D eigenvalue weighted by molar-refractivity contribution is -0.127. The highest BCUT2D eigenvalue weighted by Gasteiger charge is 2.14. The topological polar surface area (TPSA) is 66.0 Å². The van der Waals surface area contributed by atoms with E-state index in [0.29, 0.717) is 11.9 Å². The molecule has 6 heteroatoms. The van der Waals surface area contributed by atoms with Crippen molar-refractivity contribution in [2.75, 3.05) is 40.3 Å². The van der Waals surface area contributed by atoms with Gasteiger partial charge in [-0.1, -0.05) is 13.8 Å². The van der Waals surface area contributed by atoms with Gasteiger partial charge in [-0.25, -0.2) is 4.99 Å². The number of nitrogens with one attached hydrogen (secondary N) is 2. The van der Waals surface area contributed by atoms with Crippen LogP contribution in [0.1, 0.15) is 33.1 Å². The fourth-order valence-corrected chi connectivity index (χ4v) is 1.94. The Morgan fingerprint density at radius 3 is 2.67 bits per heavy atom. The molecule has 0 aromatic rings. The van der Waals surface area contributed by atoms with Gasteiger partial charge in [-0.2, -0.15) is 0 Å². The quantitative estimate of drug-likeness (QED) is 0.563. The summed E-state index contributed by atoms with van der Waals surface area (Å²) in [5, 5.41) is 6.55. The summed E-state index contributed by atoms with van der Waals surface area (Å²) in [6.45, 7) is 6.84. The molecule has 1 amide bonds. The van der Waals surface area contributed by atoms with Crippen LogP contribution in [0.5, 0.6) is 0 Å². The van der Waals surface area contributed by atoms with Gasteiger partial charge in [-0.15, -0.1) is 0 Å². The number of guanidine groups is 1. The Bertz CT molecular complexity index is 337. The monoisotopic (exact) mass is 298 g/mol. The molecule has 0 spiro atoms. The normalized spacial score (nSPS) is 19.5. The number of amides is 1. The second-order valence-electron chi connectivity index (χ2n) is 6.10. The lowest BCUT2D eigenvalue weighted by Gasteiger charge is -2.24. The average Bonchev–Trinajstić information content (AvgIpc) is 2.46. The number of likely N-dealkylation sites (N-methyl/N-ethyl adjacent to an activating group) is 1. The second kappa shape index (κ2) is 9.60. The van der Waals surface area contributed by atoms with E-state index in [4.69, 9.17) is 4.74 Å². The lowest BCUT2D eigenvalue weighted by Crippen LogP contribution is -2.44. The molecule has 1 heterocycles. The highest BCUT2D eigenvalue weighted by Crippen LogP contribution is 2.11. The summed E-state index contributed by atoms with van der Waals surface area (Å²) >= 11 is 0. The largest absolute Gasteiger partial charge is 0.376 e. The smallest absolute Gasteiger partial charge is 0.243 e. The van der Waals surface area contributed by atoms with Gasteiger partial charge < -0.3 is 20.3 Å². The van der Waals surface area contributed by atoms with E-state index < -0.39 is 0 Å². The molecule has 2 N–H and O–H groups in total. The number of hydrogen-bond donors (Lipinski definition) is 2. The van der Waals surface area contributed by atoms with Gasteiger partial charge in [0.1, 0.15) is 6.54 Å². The van der Waals surface area contributed by atoms with Crippen molar-refractivity contribution in [1.82, 2.24) is 15.5 Å². The molecule has 21 heavy (non-hydrogen) atoms. The molecule has 1 saturated heterocycles. The van der Waals surface area contributed by atoms with Crippen molar-refractivity contribution in [2.45, 2.75) is 39.2 Å². The molecular weight excluding hydrogens is 268 g/mol. The van der Waals surface area contributed by atoms with Crippen LogP contribution in [0.25, 0.3) is 0 Å². The first-order chi connectivity index (χ1) is 9.99. The van der Waals surface area contributed by atoms with Crippen molar-refractivity contribution in [3.8, 4) is 0 Å². The first kappa shape index (κ1) is 17.8. The summed E-state index contributed by atoms with van der Waals surface area (Å²) in [5.74, 6) is 1.20. The summed E-state index contributed by atoms with van der Waals surface area (Å²) < 4.78 is 5.70. The van der Waals surface area contributed by atoms with Gasteiger partial charge in [0, 0.05) is 33.8 Å². The molecule has 1 aliphatic heterocycles. The van der Waals surface area contributed by atoms with E-state index in [0.717, 1.165) is 32.5 Å². The minimum absolute atomic E-state index is 0.00503. The average molecular weight is 298 g/mol. The third kappa shape index (κ3) is 7.90. The summed E-state index contributed by atoms with van der Waals surface area (Å²) in [5.41, 5.74) is 0. The molecule has 0 aromatic heterocycles. The van der Waals surface area contributed by atoms with Crippen LogP contribution in [-0.4, -0.2) is 63.2 Å². The Balaban J connectivity index is 2.45. The van der Waals surface area contributed by atoms with E-state index >= 15 is 0 Å². The van der Waals surface area contributed by atoms with Crippen molar-refractivity contribution in [3.63, 3.8) is 0 Å². The third-order valence-electron chi connectivity index (χ3n) is 3.32. The number of hydrogen-bond acceptors (Lipinski definition) is 3. The highest BCUT2D eigenvalue weighted by molar-refractivity contribution is 5.84. The standard InChI is InChI=1S/C15H30N4O2/c1-12(2)9-16-15(18-11-14(20)19(3)4)17-10-13-7-5-6-8-21-13/h12-13H,5-11H2,1-4H3,(H2,16,17,18). The predicted molar refractivity (Wildman–Crippen MR) is 85.4 cm³/mol. The molecule has 1 atom stereocenters. The summed E-state index contributed by atoms with van der Waals surface area (Å²) in [6.07, 6.45) is 3.70. The minimum atomic E-state index is -0.00503. The van der Waals surface area contributed by atoms with Gasteiger partial charge >= 0.3 is 0 Å². The summed E-state index contributed by atoms with van der Waals surface area (Å²) in [4.78, 5) is 17.5. The molecule has 122 valence electrons. The Morgan fingerprint density at radius 1 is 1.33 bits per heavy atom. The number of carbonyl (C=O) groups excluding carboxylic acids is 1. The van der Waals surface area contributed by atoms with E-state index in [1.54, 1.807) is 19.0 Å². The summed E-state index contributed by atoms with van der Waals surface area (Å²) in [7, 11) is 3.48. The van der Waals surface area contributed by atoms with Crippen LogP contribution in [0.15, 0.2) is 4.99 Å². The summed E-state index contributed by atoms with van der Waals surface area (Å²) in [6, 6.07) is 0. The van der Waals surface area contributed by atoms with Gasteiger partial charge in [-0.05, 0) is 25.2 Å². The van der Waals surface area contributed by atoms with Crippen molar-refractivity contribution in [1.29, 1.82) is 0 Å². The Labute approximate surface area is 128 Å².